The molecule has 8 saturated carbocycles. The van der Waals surface area contributed by atoms with Crippen LogP contribution in [0.5, 0.6) is 0 Å². The summed E-state index contributed by atoms with van der Waals surface area (Å²) in [4.78, 5) is 39.4. The quantitative estimate of drug-likeness (QED) is 0.288. The number of hydrogen-bond donors (Lipinski definition) is 2. The number of Topliss-reactive ketones (excluding diaryl/α,β-unsaturated/α-hetero) is 1. The van der Waals surface area contributed by atoms with Crippen LogP contribution in [0.15, 0.2) is 49.1 Å². The van der Waals surface area contributed by atoms with Crippen LogP contribution in [0, 0.1) is 88.8 Å². The van der Waals surface area contributed by atoms with Crippen LogP contribution < -0.4 is 0 Å². The molecule has 0 radical (unpaired) electrons. The molecule has 0 bridgehead atoms. The minimum atomic E-state index is -0.438. The molecule has 0 saturated heterocycles. The fourth-order valence-corrected chi connectivity index (χ4v) is 16.7. The number of aliphatic hydroxyl groups is 2. The van der Waals surface area contributed by atoms with E-state index in [0.717, 1.165) is 97.3 Å². The van der Waals surface area contributed by atoms with Gasteiger partial charge in [-0.1, -0.05) is 33.4 Å². The van der Waals surface area contributed by atoms with Gasteiger partial charge in [-0.15, -0.1) is 0 Å². The number of nitrogens with zero attached hydrogens (tertiary/aromatic N) is 3. The molecule has 0 aromatic carbocycles. The first-order chi connectivity index (χ1) is 29.5. The SMILES string of the molecule is C.CON(C)C(=O)[C@H]1CC[C@H]2[C@@H]3CC[C@@H]4C[C@](C)(O)CC[C@@H]4[C@H]3CC[C@]12C.C[C@@]1(O)CC[C@H]2[C@H](CC[C@@H]3[C@@H]2CC[C@]2(C)[C@@H](C(=O)Cc4cccnc4)CC[C@@H]32)C1.Cc1cccnc1. The molecular weight excluding hydrogens is 783 g/mol. The molecule has 10 rings (SSSR count). The third-order valence-electron chi connectivity index (χ3n) is 19.7. The van der Waals surface area contributed by atoms with Crippen molar-refractivity contribution in [1.29, 1.82) is 0 Å². The van der Waals surface area contributed by atoms with E-state index in [0.29, 0.717) is 18.1 Å². The van der Waals surface area contributed by atoms with Gasteiger partial charge in [-0.05, 0) is 230 Å². The van der Waals surface area contributed by atoms with Gasteiger partial charge in [-0.2, -0.15) is 0 Å². The first-order valence-electron chi connectivity index (χ1n) is 25.1. The number of carbonyl (C=O) groups excluding carboxylic acids is 2. The molecule has 2 aromatic heterocycles. The number of carbonyl (C=O) groups is 2. The molecule has 16 atom stereocenters. The number of pyridine rings is 2. The third kappa shape index (κ3) is 9.76. The van der Waals surface area contributed by atoms with Crippen LogP contribution in [0.3, 0.4) is 0 Å². The summed E-state index contributed by atoms with van der Waals surface area (Å²) in [6, 6.07) is 7.92. The van der Waals surface area contributed by atoms with Gasteiger partial charge in [-0.25, -0.2) is 5.06 Å². The van der Waals surface area contributed by atoms with Crippen molar-refractivity contribution >= 4 is 11.7 Å². The minimum absolute atomic E-state index is 0. The molecule has 0 spiro atoms. The van der Waals surface area contributed by atoms with Gasteiger partial charge in [0.1, 0.15) is 5.78 Å². The lowest BCUT2D eigenvalue weighted by Crippen LogP contribution is -2.51. The van der Waals surface area contributed by atoms with Gasteiger partial charge >= 0.3 is 0 Å². The van der Waals surface area contributed by atoms with Crippen LogP contribution in [0.4, 0.5) is 0 Å². The van der Waals surface area contributed by atoms with Crippen LogP contribution in [-0.2, 0) is 20.8 Å². The maximum Gasteiger partial charge on any atom is 0.249 e. The van der Waals surface area contributed by atoms with Crippen LogP contribution >= 0.6 is 0 Å². The summed E-state index contributed by atoms with van der Waals surface area (Å²) < 4.78 is 0. The lowest BCUT2D eigenvalue weighted by molar-refractivity contribution is -0.180. The fraction of sp³-hybridized carbons (Fsp3) is 0.782. The van der Waals surface area contributed by atoms with E-state index in [1.54, 1.807) is 26.6 Å². The number of rotatable bonds is 5. The maximum atomic E-state index is 13.3. The Kier molecular flexibility index (Phi) is 14.8. The Morgan fingerprint density at radius 2 is 1.14 bits per heavy atom. The predicted octanol–water partition coefficient (Wildman–Crippen LogP) is 11.3. The van der Waals surface area contributed by atoms with Gasteiger partial charge in [-0.3, -0.25) is 24.4 Å². The first-order valence-corrected chi connectivity index (χ1v) is 25.1. The minimum Gasteiger partial charge on any atom is -0.390 e. The van der Waals surface area contributed by atoms with E-state index in [-0.39, 0.29) is 36.0 Å². The smallest absolute Gasteiger partial charge is 0.249 e. The third-order valence-corrected chi connectivity index (χ3v) is 19.7. The zero-order chi connectivity index (χ0) is 44.0. The molecular formula is C55H85N3O5. The van der Waals surface area contributed by atoms with Crippen molar-refractivity contribution < 1.29 is 24.6 Å². The van der Waals surface area contributed by atoms with E-state index < -0.39 is 11.2 Å². The molecule has 8 heteroatoms. The second-order valence-corrected chi connectivity index (χ2v) is 23.3. The van der Waals surface area contributed by atoms with Gasteiger partial charge < -0.3 is 10.2 Å². The number of aryl methyl sites for hydroxylation is 1. The molecule has 0 unspecified atom stereocenters. The van der Waals surface area contributed by atoms with E-state index in [1.165, 1.54) is 87.7 Å². The summed E-state index contributed by atoms with van der Waals surface area (Å²) in [6.07, 6.45) is 28.9. The number of fused-ring (bicyclic) bond motifs is 10. The van der Waals surface area contributed by atoms with Crippen molar-refractivity contribution in [3.63, 3.8) is 0 Å². The number of aromatic nitrogens is 2. The molecule has 2 N–H and O–H groups in total. The number of amides is 1. The molecule has 8 nitrogen and oxygen atoms in total. The van der Waals surface area contributed by atoms with Crippen molar-refractivity contribution in [3.8, 4) is 0 Å². The number of hydrogen-bond acceptors (Lipinski definition) is 7. The van der Waals surface area contributed by atoms with Crippen LogP contribution in [0.2, 0.25) is 0 Å². The van der Waals surface area contributed by atoms with E-state index in [1.807, 2.05) is 57.4 Å². The molecule has 2 heterocycles. The summed E-state index contributed by atoms with van der Waals surface area (Å²) in [5, 5.41) is 22.5. The Morgan fingerprint density at radius 3 is 1.60 bits per heavy atom. The molecule has 0 aliphatic heterocycles. The zero-order valence-electron chi connectivity index (χ0n) is 39.4. The number of ketones is 1. The maximum absolute atomic E-state index is 13.3. The highest BCUT2D eigenvalue weighted by molar-refractivity contribution is 5.84. The van der Waals surface area contributed by atoms with E-state index in [2.05, 4.69) is 23.8 Å². The topological polar surface area (TPSA) is 113 Å². The lowest BCUT2D eigenvalue weighted by Gasteiger charge is -2.56. The van der Waals surface area contributed by atoms with E-state index >= 15 is 0 Å². The Bertz CT molecular complexity index is 1840. The summed E-state index contributed by atoms with van der Waals surface area (Å²) in [5.41, 5.74) is 1.75. The zero-order valence-corrected chi connectivity index (χ0v) is 39.4. The second-order valence-electron chi connectivity index (χ2n) is 23.3. The summed E-state index contributed by atoms with van der Waals surface area (Å²) in [5.74, 6) is 8.79. The Morgan fingerprint density at radius 1 is 0.651 bits per heavy atom. The van der Waals surface area contributed by atoms with Crippen molar-refractivity contribution in [1.82, 2.24) is 15.0 Å². The highest BCUT2D eigenvalue weighted by Gasteiger charge is 2.60. The largest absolute Gasteiger partial charge is 0.390 e. The Hall–Kier alpha value is -2.68. The molecule has 2 aromatic rings. The van der Waals surface area contributed by atoms with Crippen LogP contribution in [-0.4, -0.2) is 62.3 Å². The molecule has 63 heavy (non-hydrogen) atoms. The Balaban J connectivity index is 0.000000162. The molecule has 8 aliphatic carbocycles. The molecule has 8 fully saturated rings. The van der Waals surface area contributed by atoms with Gasteiger partial charge in [0.2, 0.25) is 5.91 Å². The van der Waals surface area contributed by atoms with E-state index in [4.69, 9.17) is 4.84 Å². The molecule has 1 amide bonds. The molecule has 8 aliphatic rings. The second kappa shape index (κ2) is 19.3. The van der Waals surface area contributed by atoms with Crippen LogP contribution in [0.1, 0.15) is 162 Å². The Labute approximate surface area is 381 Å². The monoisotopic (exact) mass is 868 g/mol. The normalized spacial score (nSPS) is 43.2. The highest BCUT2D eigenvalue weighted by atomic mass is 16.7. The number of hydroxylamine groups is 2. The standard InChI is InChI=1S/C26H37NO2.C22H37NO3.C6H7N.CH4/c1-25(29)11-9-19-18(15-25)5-6-21-20(19)10-12-26(2)22(21)7-8-23(26)24(28)14-17-4-3-13-27-16-17;1-21(25)11-9-15-14(13-21)5-6-17-16(15)10-12-22(2)18(17)7-8-19(22)20(24)23(3)26-4;1-6-3-2-4-7-5-6;/h3-4,13,16,18-23,29H,5-12,14-15H2,1-2H3;14-19,25H,5-13H2,1-4H3;2-5H,1H3;1H4/t18-,19+,20-,21-,22+,23-,25-,26+;14-,15+,16-,17-,18+,19-,21-,22+;;/m11../s1. The summed E-state index contributed by atoms with van der Waals surface area (Å²) in [7, 11) is 3.34. The van der Waals surface area contributed by atoms with Gasteiger partial charge in [0, 0.05) is 50.1 Å². The van der Waals surface area contributed by atoms with Crippen molar-refractivity contribution in [2.45, 2.75) is 175 Å². The fourth-order valence-electron chi connectivity index (χ4n) is 16.7. The summed E-state index contributed by atoms with van der Waals surface area (Å²) in [6.45, 7) is 10.9. The van der Waals surface area contributed by atoms with Gasteiger partial charge in [0.25, 0.3) is 0 Å². The van der Waals surface area contributed by atoms with Gasteiger partial charge in [0.05, 0.1) is 18.3 Å². The average Bonchev–Trinajstić information content (AvgIpc) is 3.80. The predicted molar refractivity (Wildman–Crippen MR) is 251 cm³/mol. The highest BCUT2D eigenvalue weighted by Crippen LogP contribution is 2.66. The first kappa shape index (κ1) is 48.3. The lowest BCUT2D eigenvalue weighted by atomic mass is 9.49. The summed E-state index contributed by atoms with van der Waals surface area (Å²) >= 11 is 0. The van der Waals surface area contributed by atoms with Crippen molar-refractivity contribution in [2.75, 3.05) is 14.2 Å². The van der Waals surface area contributed by atoms with Crippen molar-refractivity contribution in [2.24, 2.45) is 81.8 Å². The van der Waals surface area contributed by atoms with Crippen molar-refractivity contribution in [3.05, 3.63) is 60.2 Å². The average molecular weight is 868 g/mol. The molecule has 350 valence electrons. The van der Waals surface area contributed by atoms with Gasteiger partial charge in [0.15, 0.2) is 0 Å². The van der Waals surface area contributed by atoms with E-state index in [9.17, 15) is 19.8 Å². The van der Waals surface area contributed by atoms with Crippen LogP contribution in [0.25, 0.3) is 0 Å².